The van der Waals surface area contributed by atoms with Gasteiger partial charge in [0.2, 0.25) is 0 Å². The number of benzene rings is 2. The summed E-state index contributed by atoms with van der Waals surface area (Å²) in [5.41, 5.74) is 2.64. The third-order valence-corrected chi connectivity index (χ3v) is 4.03. The standard InChI is InChI=1S/C20H26N2O2/c1-15-9-8-12-17(19(15)24-4)20(23)21-18(13-14-22(2)3)16-10-6-5-7-11-16/h5-12,18H,13-14H2,1-4H3,(H,21,23)/t18-/m0/s1. The predicted octanol–water partition coefficient (Wildman–Crippen LogP) is 3.43. The number of nitrogens with zero attached hydrogens (tertiary/aromatic N) is 1. The first kappa shape index (κ1) is 18.0. The van der Waals surface area contributed by atoms with Crippen molar-refractivity contribution >= 4 is 5.91 Å². The highest BCUT2D eigenvalue weighted by Crippen LogP contribution is 2.24. The molecule has 1 amide bonds. The van der Waals surface area contributed by atoms with E-state index >= 15 is 0 Å². The summed E-state index contributed by atoms with van der Waals surface area (Å²) in [5, 5.41) is 3.16. The maximum Gasteiger partial charge on any atom is 0.255 e. The van der Waals surface area contributed by atoms with Crippen LogP contribution in [0.25, 0.3) is 0 Å². The van der Waals surface area contributed by atoms with Gasteiger partial charge in [-0.25, -0.2) is 0 Å². The molecule has 0 heterocycles. The lowest BCUT2D eigenvalue weighted by Crippen LogP contribution is -2.31. The number of carbonyl (C=O) groups excluding carboxylic acids is 1. The molecule has 0 saturated carbocycles. The molecular weight excluding hydrogens is 300 g/mol. The molecule has 1 N–H and O–H groups in total. The molecule has 4 nitrogen and oxygen atoms in total. The number of aryl methyl sites for hydroxylation is 1. The first-order chi connectivity index (χ1) is 11.5. The van der Waals surface area contributed by atoms with Crippen molar-refractivity contribution < 1.29 is 9.53 Å². The lowest BCUT2D eigenvalue weighted by atomic mass is 10.0. The maximum absolute atomic E-state index is 12.8. The molecule has 0 bridgehead atoms. The molecule has 0 saturated heterocycles. The third kappa shape index (κ3) is 4.59. The molecule has 0 spiro atoms. The fourth-order valence-electron chi connectivity index (χ4n) is 2.73. The molecule has 0 aliphatic rings. The number of rotatable bonds is 7. The van der Waals surface area contributed by atoms with Gasteiger partial charge in [-0.2, -0.15) is 0 Å². The number of nitrogens with one attached hydrogen (secondary N) is 1. The highest BCUT2D eigenvalue weighted by Gasteiger charge is 2.19. The van der Waals surface area contributed by atoms with E-state index in [1.807, 2.05) is 63.5 Å². The molecule has 1 atom stereocenters. The van der Waals surface area contributed by atoms with Crippen molar-refractivity contribution in [2.45, 2.75) is 19.4 Å². The Labute approximate surface area is 144 Å². The Kier molecular flexibility index (Phi) is 6.38. The van der Waals surface area contributed by atoms with Gasteiger partial charge in [0.1, 0.15) is 5.75 Å². The van der Waals surface area contributed by atoms with Crippen LogP contribution >= 0.6 is 0 Å². The summed E-state index contributed by atoms with van der Waals surface area (Å²) in [6.07, 6.45) is 0.844. The van der Waals surface area contributed by atoms with Gasteiger partial charge in [-0.15, -0.1) is 0 Å². The molecule has 128 valence electrons. The third-order valence-electron chi connectivity index (χ3n) is 4.03. The van der Waals surface area contributed by atoms with E-state index in [4.69, 9.17) is 4.74 Å². The highest BCUT2D eigenvalue weighted by molar-refractivity contribution is 5.97. The minimum atomic E-state index is -0.108. The van der Waals surface area contributed by atoms with Crippen LogP contribution in [-0.4, -0.2) is 38.6 Å². The molecule has 2 rings (SSSR count). The van der Waals surface area contributed by atoms with Gasteiger partial charge in [0, 0.05) is 0 Å². The van der Waals surface area contributed by atoms with Gasteiger partial charge in [-0.05, 0) is 51.2 Å². The summed E-state index contributed by atoms with van der Waals surface area (Å²) in [6.45, 7) is 2.83. The van der Waals surface area contributed by atoms with Crippen LogP contribution in [-0.2, 0) is 0 Å². The monoisotopic (exact) mass is 326 g/mol. The van der Waals surface area contributed by atoms with Gasteiger partial charge in [-0.1, -0.05) is 42.5 Å². The second-order valence-electron chi connectivity index (χ2n) is 6.18. The Morgan fingerprint density at radius 2 is 1.83 bits per heavy atom. The van der Waals surface area contributed by atoms with Crippen LogP contribution in [0.2, 0.25) is 0 Å². The minimum Gasteiger partial charge on any atom is -0.496 e. The predicted molar refractivity (Wildman–Crippen MR) is 97.6 cm³/mol. The van der Waals surface area contributed by atoms with Gasteiger partial charge < -0.3 is 15.0 Å². The zero-order valence-electron chi connectivity index (χ0n) is 14.9. The molecule has 4 heteroatoms. The van der Waals surface area contributed by atoms with Crippen molar-refractivity contribution in [3.05, 3.63) is 65.2 Å². The number of ether oxygens (including phenoxy) is 1. The van der Waals surface area contributed by atoms with Crippen molar-refractivity contribution in [2.75, 3.05) is 27.7 Å². The lowest BCUT2D eigenvalue weighted by molar-refractivity contribution is 0.0929. The van der Waals surface area contributed by atoms with Gasteiger partial charge in [0.05, 0.1) is 18.7 Å². The highest BCUT2D eigenvalue weighted by atomic mass is 16.5. The Bertz CT molecular complexity index is 669. The molecule has 24 heavy (non-hydrogen) atoms. The van der Waals surface area contributed by atoms with Gasteiger partial charge in [0.15, 0.2) is 0 Å². The Balaban J connectivity index is 2.23. The fourth-order valence-corrected chi connectivity index (χ4v) is 2.73. The summed E-state index contributed by atoms with van der Waals surface area (Å²) in [6, 6.07) is 15.7. The van der Waals surface area contributed by atoms with Crippen LogP contribution in [0.1, 0.15) is 33.9 Å². The summed E-state index contributed by atoms with van der Waals surface area (Å²) >= 11 is 0. The van der Waals surface area contributed by atoms with E-state index in [2.05, 4.69) is 10.2 Å². The van der Waals surface area contributed by atoms with Crippen LogP contribution in [0.15, 0.2) is 48.5 Å². The summed E-state index contributed by atoms with van der Waals surface area (Å²) < 4.78 is 5.41. The van der Waals surface area contributed by atoms with E-state index in [-0.39, 0.29) is 11.9 Å². The van der Waals surface area contributed by atoms with Crippen LogP contribution in [0.4, 0.5) is 0 Å². The van der Waals surface area contributed by atoms with Crippen LogP contribution in [0.3, 0.4) is 0 Å². The van der Waals surface area contributed by atoms with Crippen molar-refractivity contribution in [3.8, 4) is 5.75 Å². The first-order valence-corrected chi connectivity index (χ1v) is 8.17. The van der Waals surface area contributed by atoms with Gasteiger partial charge >= 0.3 is 0 Å². The summed E-state index contributed by atoms with van der Waals surface area (Å²) in [5.74, 6) is 0.526. The quantitative estimate of drug-likeness (QED) is 0.847. The fraction of sp³-hybridized carbons (Fsp3) is 0.350. The Morgan fingerprint density at radius 1 is 1.12 bits per heavy atom. The number of carbonyl (C=O) groups is 1. The van der Waals surface area contributed by atoms with E-state index < -0.39 is 0 Å². The normalized spacial score (nSPS) is 12.0. The van der Waals surface area contributed by atoms with Crippen LogP contribution in [0.5, 0.6) is 5.75 Å². The molecule has 0 aromatic heterocycles. The topological polar surface area (TPSA) is 41.6 Å². The average Bonchev–Trinajstić information content (AvgIpc) is 2.58. The number of hydrogen-bond donors (Lipinski definition) is 1. The van der Waals surface area contributed by atoms with Crippen LogP contribution in [0, 0.1) is 6.92 Å². The Hall–Kier alpha value is -2.33. The van der Waals surface area contributed by atoms with Crippen molar-refractivity contribution in [1.82, 2.24) is 10.2 Å². The minimum absolute atomic E-state index is 0.0358. The molecule has 0 aliphatic heterocycles. The molecule has 0 unspecified atom stereocenters. The first-order valence-electron chi connectivity index (χ1n) is 8.17. The Morgan fingerprint density at radius 3 is 2.46 bits per heavy atom. The molecular formula is C20H26N2O2. The lowest BCUT2D eigenvalue weighted by Gasteiger charge is -2.22. The molecule has 2 aromatic carbocycles. The number of amides is 1. The molecule has 0 fully saturated rings. The number of para-hydroxylation sites is 1. The van der Waals surface area contributed by atoms with Crippen molar-refractivity contribution in [1.29, 1.82) is 0 Å². The van der Waals surface area contributed by atoms with E-state index in [1.54, 1.807) is 13.2 Å². The van der Waals surface area contributed by atoms with E-state index in [0.29, 0.717) is 11.3 Å². The smallest absolute Gasteiger partial charge is 0.255 e. The maximum atomic E-state index is 12.8. The second kappa shape index (κ2) is 8.50. The largest absolute Gasteiger partial charge is 0.496 e. The van der Waals surface area contributed by atoms with E-state index in [9.17, 15) is 4.79 Å². The van der Waals surface area contributed by atoms with Crippen molar-refractivity contribution in [2.24, 2.45) is 0 Å². The number of methoxy groups -OCH3 is 1. The molecule has 0 aliphatic carbocycles. The summed E-state index contributed by atoms with van der Waals surface area (Å²) in [4.78, 5) is 14.9. The van der Waals surface area contributed by atoms with Gasteiger partial charge in [-0.3, -0.25) is 4.79 Å². The second-order valence-corrected chi connectivity index (χ2v) is 6.18. The van der Waals surface area contributed by atoms with Crippen LogP contribution < -0.4 is 10.1 Å². The zero-order valence-corrected chi connectivity index (χ0v) is 14.9. The number of hydrogen-bond acceptors (Lipinski definition) is 3. The zero-order chi connectivity index (χ0) is 17.5. The van der Waals surface area contributed by atoms with E-state index in [1.165, 1.54) is 0 Å². The summed E-state index contributed by atoms with van der Waals surface area (Å²) in [7, 11) is 5.67. The van der Waals surface area contributed by atoms with E-state index in [0.717, 1.165) is 24.1 Å². The molecule has 0 radical (unpaired) electrons. The SMILES string of the molecule is COc1c(C)cccc1C(=O)N[C@@H](CCN(C)C)c1ccccc1. The average molecular weight is 326 g/mol. The van der Waals surface area contributed by atoms with Gasteiger partial charge in [0.25, 0.3) is 5.91 Å². The molecule has 2 aromatic rings. The van der Waals surface area contributed by atoms with Crippen molar-refractivity contribution in [3.63, 3.8) is 0 Å².